The second-order valence-corrected chi connectivity index (χ2v) is 7.57. The zero-order valence-corrected chi connectivity index (χ0v) is 14.8. The molecule has 6 heteroatoms. The minimum atomic E-state index is 0.216. The van der Waals surface area contributed by atoms with Crippen LogP contribution in [0.3, 0.4) is 0 Å². The molecule has 0 radical (unpaired) electrons. The van der Waals surface area contributed by atoms with Gasteiger partial charge in [0.05, 0.1) is 18.6 Å². The number of carbonyl (C=O) groups is 1. The van der Waals surface area contributed by atoms with Crippen LogP contribution in [0.15, 0.2) is 27.4 Å². The Morgan fingerprint density at radius 2 is 2.17 bits per heavy atom. The Morgan fingerprint density at radius 1 is 1.33 bits per heavy atom. The number of nitrogens with zero attached hydrogens (tertiary/aromatic N) is 3. The summed E-state index contributed by atoms with van der Waals surface area (Å²) in [5, 5.41) is 8.44. The molecule has 0 N–H and O–H groups in total. The van der Waals surface area contributed by atoms with Crippen molar-refractivity contribution in [1.82, 2.24) is 15.0 Å². The Hall–Kier alpha value is -1.66. The Morgan fingerprint density at radius 3 is 2.92 bits per heavy atom. The molecule has 2 aliphatic rings. The molecule has 2 unspecified atom stereocenters. The maximum Gasteiger partial charge on any atom is 0.237 e. The number of rotatable bonds is 4. The number of hydrogen-bond donors (Lipinski definition) is 0. The lowest BCUT2D eigenvalue weighted by Gasteiger charge is -2.28. The van der Waals surface area contributed by atoms with Crippen molar-refractivity contribution in [3.8, 4) is 0 Å². The van der Waals surface area contributed by atoms with E-state index in [0.717, 1.165) is 50.2 Å². The van der Waals surface area contributed by atoms with Crippen molar-refractivity contribution in [2.24, 2.45) is 0 Å². The molecule has 24 heavy (non-hydrogen) atoms. The Kier molecular flexibility index (Phi) is 4.41. The number of carbonyl (C=O) groups excluding carboxylic acids is 1. The lowest BCUT2D eigenvalue weighted by atomic mass is 10.1. The smallest absolute Gasteiger partial charge is 0.237 e. The first-order valence-corrected chi connectivity index (χ1v) is 9.65. The van der Waals surface area contributed by atoms with Crippen LogP contribution in [0.2, 0.25) is 0 Å². The zero-order chi connectivity index (χ0) is 16.5. The van der Waals surface area contributed by atoms with Crippen LogP contribution in [0.4, 0.5) is 0 Å². The van der Waals surface area contributed by atoms with Crippen LogP contribution in [0.25, 0.3) is 0 Å². The Labute approximate surface area is 146 Å². The molecule has 0 aromatic carbocycles. The van der Waals surface area contributed by atoms with E-state index in [4.69, 9.17) is 4.52 Å². The van der Waals surface area contributed by atoms with E-state index in [1.54, 1.807) is 11.3 Å². The lowest BCUT2D eigenvalue weighted by Crippen LogP contribution is -2.39. The SMILES string of the molecule is Cc1cc(C2CCCN2CC(=O)N2CCCC2c2ccsc2)no1. The van der Waals surface area contributed by atoms with Gasteiger partial charge in [0.1, 0.15) is 11.5 Å². The topological polar surface area (TPSA) is 49.6 Å². The van der Waals surface area contributed by atoms with Gasteiger partial charge in [-0.25, -0.2) is 0 Å². The highest BCUT2D eigenvalue weighted by molar-refractivity contribution is 7.07. The Balaban J connectivity index is 1.45. The molecule has 4 heterocycles. The van der Waals surface area contributed by atoms with Crippen LogP contribution >= 0.6 is 11.3 Å². The minimum absolute atomic E-state index is 0.216. The molecule has 2 saturated heterocycles. The highest BCUT2D eigenvalue weighted by Gasteiger charge is 2.34. The van der Waals surface area contributed by atoms with Gasteiger partial charge in [-0.05, 0) is 61.5 Å². The largest absolute Gasteiger partial charge is 0.361 e. The van der Waals surface area contributed by atoms with Crippen LogP contribution in [-0.4, -0.2) is 40.5 Å². The van der Waals surface area contributed by atoms with Crippen LogP contribution in [0, 0.1) is 6.92 Å². The first kappa shape index (κ1) is 15.8. The van der Waals surface area contributed by atoms with E-state index in [0.29, 0.717) is 6.54 Å². The van der Waals surface area contributed by atoms with Crippen molar-refractivity contribution < 1.29 is 9.32 Å². The third kappa shape index (κ3) is 3.00. The predicted molar refractivity (Wildman–Crippen MR) is 92.8 cm³/mol. The fourth-order valence-corrected chi connectivity index (χ4v) is 4.74. The predicted octanol–water partition coefficient (Wildman–Crippen LogP) is 3.55. The van der Waals surface area contributed by atoms with Crippen molar-refractivity contribution in [2.45, 2.75) is 44.7 Å². The number of aryl methyl sites for hydroxylation is 1. The molecule has 4 rings (SSSR count). The third-order valence-electron chi connectivity index (χ3n) is 5.19. The van der Waals surface area contributed by atoms with Gasteiger partial charge in [-0.2, -0.15) is 11.3 Å². The summed E-state index contributed by atoms with van der Waals surface area (Å²) in [6.45, 7) is 4.23. The van der Waals surface area contributed by atoms with E-state index in [1.165, 1.54) is 5.56 Å². The summed E-state index contributed by atoms with van der Waals surface area (Å²) >= 11 is 1.71. The third-order valence-corrected chi connectivity index (χ3v) is 5.89. The van der Waals surface area contributed by atoms with Gasteiger partial charge >= 0.3 is 0 Å². The Bertz CT molecular complexity index is 697. The second kappa shape index (κ2) is 6.69. The van der Waals surface area contributed by atoms with Crippen LogP contribution in [0.5, 0.6) is 0 Å². The van der Waals surface area contributed by atoms with Crippen LogP contribution in [0.1, 0.15) is 54.8 Å². The monoisotopic (exact) mass is 345 g/mol. The average Bonchev–Trinajstić information content (AvgIpc) is 3.34. The van der Waals surface area contributed by atoms with Crippen LogP contribution in [-0.2, 0) is 4.79 Å². The van der Waals surface area contributed by atoms with E-state index in [9.17, 15) is 4.79 Å². The van der Waals surface area contributed by atoms with Crippen molar-refractivity contribution in [3.05, 3.63) is 39.9 Å². The molecule has 1 amide bonds. The summed E-state index contributed by atoms with van der Waals surface area (Å²) in [5.74, 6) is 1.08. The van der Waals surface area contributed by atoms with Gasteiger partial charge in [0.25, 0.3) is 0 Å². The molecular weight excluding hydrogens is 322 g/mol. The van der Waals surface area contributed by atoms with Crippen LogP contribution < -0.4 is 0 Å². The summed E-state index contributed by atoms with van der Waals surface area (Å²) in [5.41, 5.74) is 2.25. The number of amides is 1. The molecule has 5 nitrogen and oxygen atoms in total. The maximum atomic E-state index is 12.9. The van der Waals surface area contributed by atoms with Gasteiger partial charge in [0.2, 0.25) is 5.91 Å². The molecule has 0 spiro atoms. The summed E-state index contributed by atoms with van der Waals surface area (Å²) < 4.78 is 5.23. The number of likely N-dealkylation sites (tertiary alicyclic amines) is 2. The van der Waals surface area contributed by atoms with Gasteiger partial charge < -0.3 is 9.42 Å². The van der Waals surface area contributed by atoms with E-state index >= 15 is 0 Å². The summed E-state index contributed by atoms with van der Waals surface area (Å²) in [6.07, 6.45) is 4.33. The van der Waals surface area contributed by atoms with E-state index in [1.807, 2.05) is 13.0 Å². The number of thiophene rings is 1. The second-order valence-electron chi connectivity index (χ2n) is 6.79. The molecule has 0 bridgehead atoms. The highest BCUT2D eigenvalue weighted by atomic mass is 32.1. The number of aromatic nitrogens is 1. The highest BCUT2D eigenvalue weighted by Crippen LogP contribution is 2.35. The molecule has 128 valence electrons. The van der Waals surface area contributed by atoms with Gasteiger partial charge in [-0.1, -0.05) is 5.16 Å². The molecule has 2 aromatic heterocycles. The van der Waals surface area contributed by atoms with E-state index in [-0.39, 0.29) is 18.0 Å². The molecule has 2 atom stereocenters. The average molecular weight is 345 g/mol. The normalized spacial score (nSPS) is 24.8. The first-order chi connectivity index (χ1) is 11.7. The summed E-state index contributed by atoms with van der Waals surface area (Å²) in [4.78, 5) is 17.3. The van der Waals surface area contributed by atoms with Crippen molar-refractivity contribution >= 4 is 17.2 Å². The molecule has 2 fully saturated rings. The lowest BCUT2D eigenvalue weighted by molar-refractivity contribution is -0.133. The quantitative estimate of drug-likeness (QED) is 0.850. The zero-order valence-electron chi connectivity index (χ0n) is 14.0. The van der Waals surface area contributed by atoms with Crippen molar-refractivity contribution in [3.63, 3.8) is 0 Å². The van der Waals surface area contributed by atoms with Gasteiger partial charge in [-0.3, -0.25) is 9.69 Å². The van der Waals surface area contributed by atoms with E-state index < -0.39 is 0 Å². The van der Waals surface area contributed by atoms with Crippen molar-refractivity contribution in [2.75, 3.05) is 19.6 Å². The molecular formula is C18H23N3O2S. The number of hydrogen-bond acceptors (Lipinski definition) is 5. The van der Waals surface area contributed by atoms with Crippen molar-refractivity contribution in [1.29, 1.82) is 0 Å². The van der Waals surface area contributed by atoms with Gasteiger partial charge in [0.15, 0.2) is 0 Å². The van der Waals surface area contributed by atoms with E-state index in [2.05, 4.69) is 31.8 Å². The molecule has 0 aliphatic carbocycles. The minimum Gasteiger partial charge on any atom is -0.361 e. The fourth-order valence-electron chi connectivity index (χ4n) is 4.03. The van der Waals surface area contributed by atoms with Gasteiger partial charge in [-0.15, -0.1) is 0 Å². The first-order valence-electron chi connectivity index (χ1n) is 8.71. The molecule has 2 aliphatic heterocycles. The maximum absolute atomic E-state index is 12.9. The summed E-state index contributed by atoms with van der Waals surface area (Å²) in [7, 11) is 0. The molecule has 0 saturated carbocycles. The molecule has 2 aromatic rings. The standard InChI is InChI=1S/C18H23N3O2S/c1-13-10-15(19-23-13)17-5-2-7-20(17)11-18(22)21-8-3-4-16(21)14-6-9-24-12-14/h6,9-10,12,16-17H,2-5,7-8,11H2,1H3. The van der Waals surface area contributed by atoms with Gasteiger partial charge in [0, 0.05) is 12.6 Å². The fraction of sp³-hybridized carbons (Fsp3) is 0.556. The summed E-state index contributed by atoms with van der Waals surface area (Å²) in [6, 6.07) is 4.63.